The molecule has 1 aliphatic rings. The van der Waals surface area contributed by atoms with E-state index in [4.69, 9.17) is 9.47 Å². The van der Waals surface area contributed by atoms with Crippen molar-refractivity contribution in [1.82, 2.24) is 0 Å². The molecule has 0 amide bonds. The number of aliphatic hydroxyl groups is 2. The van der Waals surface area contributed by atoms with Crippen LogP contribution in [-0.2, 0) is 4.74 Å². The van der Waals surface area contributed by atoms with Crippen molar-refractivity contribution in [2.45, 2.75) is 26.7 Å². The van der Waals surface area contributed by atoms with Crippen LogP contribution in [0.3, 0.4) is 0 Å². The van der Waals surface area contributed by atoms with Crippen LogP contribution in [0.25, 0.3) is 11.1 Å². The molecule has 1 heterocycles. The van der Waals surface area contributed by atoms with E-state index >= 15 is 0 Å². The average molecular weight is 356 g/mol. The first-order valence-corrected chi connectivity index (χ1v) is 9.14. The minimum absolute atomic E-state index is 0.0702. The van der Waals surface area contributed by atoms with Crippen molar-refractivity contribution in [1.29, 1.82) is 0 Å². The van der Waals surface area contributed by atoms with Crippen molar-refractivity contribution in [3.05, 3.63) is 59.7 Å². The van der Waals surface area contributed by atoms with Crippen LogP contribution < -0.4 is 4.74 Å². The van der Waals surface area contributed by atoms with Crippen LogP contribution in [0.1, 0.15) is 37.8 Å². The lowest BCUT2D eigenvalue weighted by atomic mass is 9.91. The van der Waals surface area contributed by atoms with E-state index in [1.54, 1.807) is 0 Å². The van der Waals surface area contributed by atoms with E-state index in [0.717, 1.165) is 47.0 Å². The Morgan fingerprint density at radius 2 is 1.15 bits per heavy atom. The smallest absolute Gasteiger partial charge is 0.134 e. The normalized spacial score (nSPS) is 12.3. The van der Waals surface area contributed by atoms with Gasteiger partial charge in [0.2, 0.25) is 0 Å². The van der Waals surface area contributed by atoms with Gasteiger partial charge in [0.25, 0.3) is 0 Å². The number of fused-ring (bicyclic) bond motifs is 2. The van der Waals surface area contributed by atoms with Gasteiger partial charge in [0.1, 0.15) is 11.5 Å². The monoisotopic (exact) mass is 356 g/mol. The third kappa shape index (κ3) is 4.94. The molecule has 0 unspecified atom stereocenters. The zero-order valence-electron chi connectivity index (χ0n) is 15.6. The second-order valence-corrected chi connectivity index (χ2v) is 5.78. The second-order valence-electron chi connectivity index (χ2n) is 5.78. The van der Waals surface area contributed by atoms with Gasteiger partial charge in [-0.05, 0) is 50.0 Å². The molecule has 4 heteroatoms. The van der Waals surface area contributed by atoms with Gasteiger partial charge in [0.15, 0.2) is 0 Å². The largest absolute Gasteiger partial charge is 0.456 e. The van der Waals surface area contributed by atoms with Crippen molar-refractivity contribution in [2.75, 3.05) is 26.4 Å². The third-order valence-electron chi connectivity index (χ3n) is 4.14. The van der Waals surface area contributed by atoms with Crippen LogP contribution in [0.2, 0.25) is 0 Å². The van der Waals surface area contributed by atoms with Crippen LogP contribution in [-0.4, -0.2) is 36.6 Å². The predicted octanol–water partition coefficient (Wildman–Crippen LogP) is 4.51. The van der Waals surface area contributed by atoms with Crippen molar-refractivity contribution in [3.63, 3.8) is 0 Å². The summed E-state index contributed by atoms with van der Waals surface area (Å²) in [7, 11) is 0. The lowest BCUT2D eigenvalue weighted by molar-refractivity contribution is 0.162. The van der Waals surface area contributed by atoms with Crippen LogP contribution >= 0.6 is 0 Å². The summed E-state index contributed by atoms with van der Waals surface area (Å²) in [4.78, 5) is 0. The fraction of sp³-hybridized carbons (Fsp3) is 0.364. The van der Waals surface area contributed by atoms with Gasteiger partial charge in [-0.3, -0.25) is 0 Å². The quantitative estimate of drug-likeness (QED) is 0.799. The Kier molecular flexibility index (Phi) is 8.35. The molecule has 2 aromatic rings. The van der Waals surface area contributed by atoms with E-state index in [1.165, 1.54) is 0 Å². The van der Waals surface area contributed by atoms with Crippen LogP contribution in [0.4, 0.5) is 0 Å². The van der Waals surface area contributed by atoms with E-state index in [0.29, 0.717) is 12.8 Å². The standard InChI is InChI=1S/C18H18O3.C4H10O/c19-11-9-13-14(10-12-20)16-6-2-4-8-18(16)21-17-7-3-1-5-15(13)17;1-3-5-4-2/h1-8,19-20H,9-12H2;3-4H2,1-2H3. The molecule has 3 rings (SSSR count). The Balaban J connectivity index is 0.000000431. The number of benzene rings is 2. The molecule has 0 fully saturated rings. The topological polar surface area (TPSA) is 58.9 Å². The van der Waals surface area contributed by atoms with Gasteiger partial charge in [0.05, 0.1) is 0 Å². The van der Waals surface area contributed by atoms with Crippen LogP contribution in [0.15, 0.2) is 48.5 Å². The SMILES string of the molecule is CCOCC.OCCC1=C(CCO)c2ccccc2Oc2ccccc21. The highest BCUT2D eigenvalue weighted by Gasteiger charge is 2.21. The van der Waals surface area contributed by atoms with Gasteiger partial charge < -0.3 is 19.7 Å². The number of rotatable bonds is 6. The fourth-order valence-corrected chi connectivity index (χ4v) is 3.05. The zero-order valence-corrected chi connectivity index (χ0v) is 15.6. The number of hydrogen-bond donors (Lipinski definition) is 2. The fourth-order valence-electron chi connectivity index (χ4n) is 3.05. The Bertz CT molecular complexity index is 662. The molecule has 0 radical (unpaired) electrons. The van der Waals surface area contributed by atoms with Gasteiger partial charge in [-0.1, -0.05) is 36.4 Å². The predicted molar refractivity (Wildman–Crippen MR) is 105 cm³/mol. The van der Waals surface area contributed by atoms with E-state index in [2.05, 4.69) is 0 Å². The maximum atomic E-state index is 9.43. The van der Waals surface area contributed by atoms with E-state index < -0.39 is 0 Å². The van der Waals surface area contributed by atoms with Gasteiger partial charge in [-0.15, -0.1) is 0 Å². The lowest BCUT2D eigenvalue weighted by Crippen LogP contribution is -1.96. The van der Waals surface area contributed by atoms with E-state index in [9.17, 15) is 10.2 Å². The minimum atomic E-state index is 0.0702. The van der Waals surface area contributed by atoms with Gasteiger partial charge in [-0.2, -0.15) is 0 Å². The Labute approximate surface area is 155 Å². The first kappa shape index (κ1) is 20.2. The second kappa shape index (κ2) is 10.8. The molecule has 0 spiro atoms. The molecule has 0 atom stereocenters. The summed E-state index contributed by atoms with van der Waals surface area (Å²) in [5, 5.41) is 18.9. The number of hydrogen-bond acceptors (Lipinski definition) is 4. The summed E-state index contributed by atoms with van der Waals surface area (Å²) in [6, 6.07) is 15.7. The van der Waals surface area contributed by atoms with Gasteiger partial charge >= 0.3 is 0 Å². The molecule has 0 saturated carbocycles. The van der Waals surface area contributed by atoms with Crippen molar-refractivity contribution >= 4 is 11.1 Å². The minimum Gasteiger partial charge on any atom is -0.456 e. The third-order valence-corrected chi connectivity index (χ3v) is 4.14. The molecule has 0 bridgehead atoms. The average Bonchev–Trinajstić information content (AvgIpc) is 2.79. The first-order valence-electron chi connectivity index (χ1n) is 9.14. The van der Waals surface area contributed by atoms with Crippen molar-refractivity contribution in [3.8, 4) is 11.5 Å². The molecule has 0 saturated heterocycles. The molecule has 140 valence electrons. The molecule has 1 aliphatic heterocycles. The summed E-state index contributed by atoms with van der Waals surface area (Å²) < 4.78 is 10.9. The first-order chi connectivity index (χ1) is 12.8. The molecule has 26 heavy (non-hydrogen) atoms. The lowest BCUT2D eigenvalue weighted by Gasteiger charge is -2.13. The Hall–Kier alpha value is -2.14. The highest BCUT2D eigenvalue weighted by molar-refractivity contribution is 5.95. The Morgan fingerprint density at radius 3 is 1.50 bits per heavy atom. The Morgan fingerprint density at radius 1 is 0.731 bits per heavy atom. The maximum Gasteiger partial charge on any atom is 0.134 e. The molecule has 0 aromatic heterocycles. The maximum absolute atomic E-state index is 9.43. The number of para-hydroxylation sites is 2. The van der Waals surface area contributed by atoms with E-state index in [-0.39, 0.29) is 13.2 Å². The molecule has 2 N–H and O–H groups in total. The number of ether oxygens (including phenoxy) is 2. The zero-order chi connectivity index (χ0) is 18.8. The van der Waals surface area contributed by atoms with E-state index in [1.807, 2.05) is 62.4 Å². The highest BCUT2D eigenvalue weighted by Crippen LogP contribution is 2.44. The molecule has 4 nitrogen and oxygen atoms in total. The molecular formula is C22H28O4. The summed E-state index contributed by atoms with van der Waals surface area (Å²) in [6.07, 6.45) is 1.09. The molecule has 2 aromatic carbocycles. The number of aliphatic hydroxyl groups excluding tert-OH is 2. The summed E-state index contributed by atoms with van der Waals surface area (Å²) in [6.45, 7) is 5.81. The van der Waals surface area contributed by atoms with Crippen LogP contribution in [0, 0.1) is 0 Å². The van der Waals surface area contributed by atoms with Crippen molar-refractivity contribution in [2.24, 2.45) is 0 Å². The van der Waals surface area contributed by atoms with Gasteiger partial charge in [-0.25, -0.2) is 0 Å². The van der Waals surface area contributed by atoms with Gasteiger partial charge in [0, 0.05) is 37.6 Å². The summed E-state index contributed by atoms with van der Waals surface area (Å²) in [5.74, 6) is 1.59. The van der Waals surface area contributed by atoms with Crippen LogP contribution in [0.5, 0.6) is 11.5 Å². The highest BCUT2D eigenvalue weighted by atomic mass is 16.5. The summed E-state index contributed by atoms with van der Waals surface area (Å²) in [5.41, 5.74) is 4.08. The molecular weight excluding hydrogens is 328 g/mol. The molecule has 0 aliphatic carbocycles. The van der Waals surface area contributed by atoms with Crippen molar-refractivity contribution < 1.29 is 19.7 Å². The summed E-state index contributed by atoms with van der Waals surface area (Å²) >= 11 is 0.